The first-order chi connectivity index (χ1) is 8.29. The molecule has 1 fully saturated rings. The molecule has 2 N–H and O–H groups in total. The van der Waals surface area contributed by atoms with Gasteiger partial charge in [-0.1, -0.05) is 18.2 Å². The second-order valence-corrected chi connectivity index (χ2v) is 4.39. The molecule has 1 saturated heterocycles. The average molecular weight is 234 g/mol. The standard InChI is InChI=1S/C13H18N2O2/c16-10-11-8-13(17)15(9-11)7-6-14-12-4-2-1-3-5-12/h1-5,11,14,16H,6-10H2. The molecule has 4 heteroatoms. The van der Waals surface area contributed by atoms with Crippen LogP contribution in [0.25, 0.3) is 0 Å². The molecule has 1 aliphatic heterocycles. The van der Waals surface area contributed by atoms with E-state index in [4.69, 9.17) is 5.11 Å². The number of amides is 1. The smallest absolute Gasteiger partial charge is 0.223 e. The number of rotatable bonds is 5. The topological polar surface area (TPSA) is 52.6 Å². The number of likely N-dealkylation sites (tertiary alicyclic amines) is 1. The Bertz CT molecular complexity index is 367. The fourth-order valence-electron chi connectivity index (χ4n) is 2.08. The SMILES string of the molecule is O=C1CC(CO)CN1CCNc1ccccc1. The zero-order valence-corrected chi connectivity index (χ0v) is 9.80. The first kappa shape index (κ1) is 11.9. The summed E-state index contributed by atoms with van der Waals surface area (Å²) in [7, 11) is 0. The van der Waals surface area contributed by atoms with Crippen molar-refractivity contribution in [2.24, 2.45) is 5.92 Å². The van der Waals surface area contributed by atoms with E-state index in [0.717, 1.165) is 12.2 Å². The fourth-order valence-corrected chi connectivity index (χ4v) is 2.08. The molecule has 0 saturated carbocycles. The van der Waals surface area contributed by atoms with Gasteiger partial charge in [-0.05, 0) is 12.1 Å². The summed E-state index contributed by atoms with van der Waals surface area (Å²) in [5.41, 5.74) is 1.07. The molecule has 1 aliphatic rings. The molecular formula is C13H18N2O2. The third-order valence-electron chi connectivity index (χ3n) is 3.04. The third kappa shape index (κ3) is 3.20. The number of aliphatic hydroxyl groups is 1. The summed E-state index contributed by atoms with van der Waals surface area (Å²) in [4.78, 5) is 13.4. The van der Waals surface area contributed by atoms with Gasteiger partial charge in [0.1, 0.15) is 0 Å². The van der Waals surface area contributed by atoms with E-state index in [0.29, 0.717) is 19.5 Å². The number of anilines is 1. The molecule has 17 heavy (non-hydrogen) atoms. The van der Waals surface area contributed by atoms with Crippen molar-refractivity contribution in [3.63, 3.8) is 0 Å². The summed E-state index contributed by atoms with van der Waals surface area (Å²) in [6.45, 7) is 2.23. The summed E-state index contributed by atoms with van der Waals surface area (Å²) in [5.74, 6) is 0.276. The van der Waals surface area contributed by atoms with Crippen molar-refractivity contribution in [3.05, 3.63) is 30.3 Å². The molecule has 1 heterocycles. The first-order valence-electron chi connectivity index (χ1n) is 5.97. The van der Waals surface area contributed by atoms with Crippen molar-refractivity contribution < 1.29 is 9.90 Å². The van der Waals surface area contributed by atoms with E-state index in [1.807, 2.05) is 35.2 Å². The number of hydrogen-bond acceptors (Lipinski definition) is 3. The monoisotopic (exact) mass is 234 g/mol. The van der Waals surface area contributed by atoms with E-state index < -0.39 is 0 Å². The third-order valence-corrected chi connectivity index (χ3v) is 3.04. The van der Waals surface area contributed by atoms with Crippen LogP contribution in [0.5, 0.6) is 0 Å². The van der Waals surface area contributed by atoms with Gasteiger partial charge in [0.25, 0.3) is 0 Å². The summed E-state index contributed by atoms with van der Waals surface area (Å²) in [6, 6.07) is 9.93. The van der Waals surface area contributed by atoms with Crippen LogP contribution in [0.1, 0.15) is 6.42 Å². The molecule has 0 aromatic heterocycles. The predicted octanol–water partition coefficient (Wildman–Crippen LogP) is 0.939. The minimum atomic E-state index is 0.106. The summed E-state index contributed by atoms with van der Waals surface area (Å²) in [5, 5.41) is 12.3. The van der Waals surface area contributed by atoms with Crippen molar-refractivity contribution in [3.8, 4) is 0 Å². The lowest BCUT2D eigenvalue weighted by molar-refractivity contribution is -0.127. The summed E-state index contributed by atoms with van der Waals surface area (Å²) >= 11 is 0. The zero-order chi connectivity index (χ0) is 12.1. The van der Waals surface area contributed by atoms with Gasteiger partial charge in [-0.2, -0.15) is 0 Å². The minimum absolute atomic E-state index is 0.106. The molecule has 1 aromatic carbocycles. The highest BCUT2D eigenvalue weighted by molar-refractivity contribution is 5.78. The van der Waals surface area contributed by atoms with Crippen LogP contribution in [0.4, 0.5) is 5.69 Å². The van der Waals surface area contributed by atoms with E-state index in [1.165, 1.54) is 0 Å². The van der Waals surface area contributed by atoms with Crippen LogP contribution in [-0.4, -0.2) is 42.2 Å². The number of carbonyl (C=O) groups is 1. The molecule has 1 unspecified atom stereocenters. The maximum Gasteiger partial charge on any atom is 0.223 e. The van der Waals surface area contributed by atoms with Crippen LogP contribution >= 0.6 is 0 Å². The molecule has 1 atom stereocenters. The number of nitrogens with one attached hydrogen (secondary N) is 1. The van der Waals surface area contributed by atoms with E-state index in [1.54, 1.807) is 0 Å². The largest absolute Gasteiger partial charge is 0.396 e. The maximum absolute atomic E-state index is 11.6. The first-order valence-corrected chi connectivity index (χ1v) is 5.97. The molecular weight excluding hydrogens is 216 g/mol. The fraction of sp³-hybridized carbons (Fsp3) is 0.462. The van der Waals surface area contributed by atoms with E-state index in [-0.39, 0.29) is 18.4 Å². The van der Waals surface area contributed by atoms with Crippen LogP contribution in [0.15, 0.2) is 30.3 Å². The van der Waals surface area contributed by atoms with Gasteiger partial charge in [-0.3, -0.25) is 4.79 Å². The number of para-hydroxylation sites is 1. The van der Waals surface area contributed by atoms with E-state index >= 15 is 0 Å². The number of benzene rings is 1. The Hall–Kier alpha value is -1.55. The second kappa shape index (κ2) is 5.68. The lowest BCUT2D eigenvalue weighted by atomic mass is 10.1. The van der Waals surface area contributed by atoms with Crippen molar-refractivity contribution in [2.75, 3.05) is 31.6 Å². The Labute approximate surface area is 101 Å². The highest BCUT2D eigenvalue weighted by atomic mass is 16.3. The normalized spacial score (nSPS) is 19.7. The van der Waals surface area contributed by atoms with Gasteiger partial charge >= 0.3 is 0 Å². The minimum Gasteiger partial charge on any atom is -0.396 e. The van der Waals surface area contributed by atoms with Crippen molar-refractivity contribution >= 4 is 11.6 Å². The van der Waals surface area contributed by atoms with Crippen molar-refractivity contribution in [1.82, 2.24) is 4.90 Å². The second-order valence-electron chi connectivity index (χ2n) is 4.39. The Morgan fingerprint density at radius 1 is 1.35 bits per heavy atom. The Kier molecular flexibility index (Phi) is 3.98. The molecule has 1 aromatic rings. The van der Waals surface area contributed by atoms with Crippen LogP contribution in [-0.2, 0) is 4.79 Å². The average Bonchev–Trinajstić information content (AvgIpc) is 2.72. The van der Waals surface area contributed by atoms with Crippen molar-refractivity contribution in [1.29, 1.82) is 0 Å². The quantitative estimate of drug-likeness (QED) is 0.797. The molecule has 1 amide bonds. The van der Waals surface area contributed by atoms with Crippen LogP contribution in [0.2, 0.25) is 0 Å². The summed E-state index contributed by atoms with van der Waals surface area (Å²) in [6.07, 6.45) is 0.488. The molecule has 4 nitrogen and oxygen atoms in total. The molecule has 0 bridgehead atoms. The molecule has 0 spiro atoms. The number of nitrogens with zero attached hydrogens (tertiary/aromatic N) is 1. The summed E-state index contributed by atoms with van der Waals surface area (Å²) < 4.78 is 0. The molecule has 0 aliphatic carbocycles. The highest BCUT2D eigenvalue weighted by Gasteiger charge is 2.28. The number of aliphatic hydroxyl groups excluding tert-OH is 1. The van der Waals surface area contributed by atoms with Gasteiger partial charge < -0.3 is 15.3 Å². The maximum atomic E-state index is 11.6. The van der Waals surface area contributed by atoms with Crippen LogP contribution in [0.3, 0.4) is 0 Å². The van der Waals surface area contributed by atoms with Gasteiger partial charge in [0.2, 0.25) is 5.91 Å². The molecule has 2 rings (SSSR count). The molecule has 0 radical (unpaired) electrons. The Morgan fingerprint density at radius 3 is 2.76 bits per heavy atom. The van der Waals surface area contributed by atoms with E-state index in [9.17, 15) is 4.79 Å². The Morgan fingerprint density at radius 2 is 2.12 bits per heavy atom. The predicted molar refractivity (Wildman–Crippen MR) is 66.7 cm³/mol. The number of carbonyl (C=O) groups excluding carboxylic acids is 1. The van der Waals surface area contributed by atoms with Gasteiger partial charge in [0.15, 0.2) is 0 Å². The van der Waals surface area contributed by atoms with Gasteiger partial charge in [0, 0.05) is 44.3 Å². The van der Waals surface area contributed by atoms with Gasteiger partial charge in [0.05, 0.1) is 0 Å². The van der Waals surface area contributed by atoms with Gasteiger partial charge in [-0.15, -0.1) is 0 Å². The van der Waals surface area contributed by atoms with Gasteiger partial charge in [-0.25, -0.2) is 0 Å². The molecule has 92 valence electrons. The zero-order valence-electron chi connectivity index (χ0n) is 9.80. The number of hydrogen-bond donors (Lipinski definition) is 2. The lowest BCUT2D eigenvalue weighted by Gasteiger charge is -2.17. The lowest BCUT2D eigenvalue weighted by Crippen LogP contribution is -2.30. The van der Waals surface area contributed by atoms with Crippen LogP contribution < -0.4 is 5.32 Å². The van der Waals surface area contributed by atoms with E-state index in [2.05, 4.69) is 5.32 Å². The van der Waals surface area contributed by atoms with Crippen LogP contribution in [0, 0.1) is 5.92 Å². The highest BCUT2D eigenvalue weighted by Crippen LogP contribution is 2.16. The Balaban J connectivity index is 1.74. The van der Waals surface area contributed by atoms with Crippen molar-refractivity contribution in [2.45, 2.75) is 6.42 Å².